The van der Waals surface area contributed by atoms with Gasteiger partial charge in [0.15, 0.2) is 0 Å². The van der Waals surface area contributed by atoms with E-state index < -0.39 is 0 Å². The van der Waals surface area contributed by atoms with E-state index in [2.05, 4.69) is 10.2 Å². The summed E-state index contributed by atoms with van der Waals surface area (Å²) in [5.41, 5.74) is 0.611. The fourth-order valence-electron chi connectivity index (χ4n) is 3.54. The van der Waals surface area contributed by atoms with Gasteiger partial charge in [0, 0.05) is 30.8 Å². The molecule has 2 fully saturated rings. The van der Waals surface area contributed by atoms with Crippen LogP contribution in [0.5, 0.6) is 11.5 Å². The molecule has 0 aromatic heterocycles. The zero-order valence-electron chi connectivity index (χ0n) is 13.2. The van der Waals surface area contributed by atoms with Crippen molar-refractivity contribution >= 4 is 5.91 Å². The maximum absolute atomic E-state index is 13.2. The number of hydrogen-bond donors (Lipinski definition) is 1. The maximum atomic E-state index is 13.2. The van der Waals surface area contributed by atoms with Gasteiger partial charge in [0.05, 0.1) is 0 Å². The number of piperidine rings is 1. The molecule has 0 spiro atoms. The second-order valence-electron chi connectivity index (χ2n) is 6.47. The van der Waals surface area contributed by atoms with Crippen molar-refractivity contribution in [2.24, 2.45) is 5.92 Å². The van der Waals surface area contributed by atoms with Gasteiger partial charge < -0.3 is 15.0 Å². The first-order valence-corrected chi connectivity index (χ1v) is 8.24. The number of nitrogens with zero attached hydrogens (tertiary/aromatic N) is 1. The van der Waals surface area contributed by atoms with Gasteiger partial charge in [-0.2, -0.15) is 0 Å². The van der Waals surface area contributed by atoms with E-state index in [4.69, 9.17) is 4.74 Å². The number of ether oxygens (including phenoxy) is 1. The van der Waals surface area contributed by atoms with Gasteiger partial charge in [-0.1, -0.05) is 6.07 Å². The van der Waals surface area contributed by atoms with Gasteiger partial charge in [-0.3, -0.25) is 4.79 Å². The van der Waals surface area contributed by atoms with Crippen LogP contribution in [0.4, 0.5) is 4.39 Å². The summed E-state index contributed by atoms with van der Waals surface area (Å²) in [7, 11) is 0. The maximum Gasteiger partial charge on any atom is 0.251 e. The molecule has 2 bridgehead atoms. The number of carbonyl (C=O) groups excluding carboxylic acids is 1. The molecule has 3 atom stereocenters. The van der Waals surface area contributed by atoms with Crippen LogP contribution in [-0.2, 0) is 0 Å². The number of rotatable bonds is 4. The van der Waals surface area contributed by atoms with Crippen LogP contribution in [0.15, 0.2) is 48.5 Å². The molecule has 0 saturated carbocycles. The third kappa shape index (κ3) is 3.12. The Kier molecular flexibility index (Phi) is 3.94. The highest BCUT2D eigenvalue weighted by Crippen LogP contribution is 2.28. The first-order valence-electron chi connectivity index (χ1n) is 8.24. The van der Waals surface area contributed by atoms with Crippen molar-refractivity contribution in [1.82, 2.24) is 10.2 Å². The number of hydrogen-bond acceptors (Lipinski definition) is 3. The summed E-state index contributed by atoms with van der Waals surface area (Å²) in [6, 6.07) is 13.2. The lowest BCUT2D eigenvalue weighted by Crippen LogP contribution is -2.43. The Morgan fingerprint density at radius 3 is 2.62 bits per heavy atom. The minimum Gasteiger partial charge on any atom is -0.457 e. The van der Waals surface area contributed by atoms with Crippen molar-refractivity contribution in [3.05, 3.63) is 59.9 Å². The third-order valence-electron chi connectivity index (χ3n) is 4.80. The SMILES string of the molecule is O=C(N[C@H]1CN2CC[C@H]1C2)c1ccc(Oc2cccc(F)c2)cc1. The van der Waals surface area contributed by atoms with Gasteiger partial charge >= 0.3 is 0 Å². The minimum absolute atomic E-state index is 0.0499. The van der Waals surface area contributed by atoms with Crippen LogP contribution < -0.4 is 10.1 Å². The van der Waals surface area contributed by atoms with Gasteiger partial charge in [0.2, 0.25) is 0 Å². The van der Waals surface area contributed by atoms with Crippen LogP contribution in [-0.4, -0.2) is 36.5 Å². The Labute approximate surface area is 140 Å². The van der Waals surface area contributed by atoms with Gasteiger partial charge in [0.1, 0.15) is 17.3 Å². The van der Waals surface area contributed by atoms with Crippen molar-refractivity contribution < 1.29 is 13.9 Å². The zero-order valence-corrected chi connectivity index (χ0v) is 13.2. The molecule has 2 aliphatic heterocycles. The van der Waals surface area contributed by atoms with Crippen LogP contribution in [0, 0.1) is 11.7 Å². The monoisotopic (exact) mass is 326 g/mol. The van der Waals surface area contributed by atoms with E-state index in [-0.39, 0.29) is 17.8 Å². The molecule has 2 heterocycles. The first-order chi connectivity index (χ1) is 11.7. The van der Waals surface area contributed by atoms with E-state index in [1.54, 1.807) is 36.4 Å². The lowest BCUT2D eigenvalue weighted by molar-refractivity contribution is 0.0924. The standard InChI is InChI=1S/C19H19FN2O2/c20-15-2-1-3-17(10-15)24-16-6-4-13(5-7-16)19(23)21-18-12-22-9-8-14(18)11-22/h1-7,10,14,18H,8-9,11-12H2,(H,21,23)/t14-,18-/m0/s1. The second kappa shape index (κ2) is 6.24. The lowest BCUT2D eigenvalue weighted by atomic mass is 9.99. The van der Waals surface area contributed by atoms with Crippen molar-refractivity contribution in [3.63, 3.8) is 0 Å². The Balaban J connectivity index is 1.39. The van der Waals surface area contributed by atoms with Gasteiger partial charge in [-0.25, -0.2) is 4.39 Å². The normalized spacial score (nSPS) is 24.8. The summed E-state index contributed by atoms with van der Waals surface area (Å²) < 4.78 is 18.8. The van der Waals surface area contributed by atoms with E-state index in [1.165, 1.54) is 18.6 Å². The molecule has 1 N–H and O–H groups in total. The van der Waals surface area contributed by atoms with E-state index >= 15 is 0 Å². The van der Waals surface area contributed by atoms with Gasteiger partial charge in [-0.15, -0.1) is 0 Å². The van der Waals surface area contributed by atoms with Crippen LogP contribution >= 0.6 is 0 Å². The number of amides is 1. The highest BCUT2D eigenvalue weighted by Gasteiger charge is 2.38. The summed E-state index contributed by atoms with van der Waals surface area (Å²) >= 11 is 0. The molecule has 4 rings (SSSR count). The van der Waals surface area contributed by atoms with E-state index in [1.807, 2.05) is 0 Å². The Bertz CT molecular complexity index is 747. The van der Waals surface area contributed by atoms with Crippen molar-refractivity contribution in [2.75, 3.05) is 19.6 Å². The highest BCUT2D eigenvalue weighted by atomic mass is 19.1. The smallest absolute Gasteiger partial charge is 0.251 e. The molecule has 124 valence electrons. The van der Waals surface area contributed by atoms with Crippen molar-refractivity contribution in [2.45, 2.75) is 12.5 Å². The third-order valence-corrected chi connectivity index (χ3v) is 4.80. The molecule has 2 saturated heterocycles. The summed E-state index contributed by atoms with van der Waals surface area (Å²) in [6.07, 6.45) is 1.17. The predicted molar refractivity (Wildman–Crippen MR) is 88.7 cm³/mol. The molecule has 0 radical (unpaired) electrons. The zero-order chi connectivity index (χ0) is 16.5. The molecule has 24 heavy (non-hydrogen) atoms. The lowest BCUT2D eigenvalue weighted by Gasteiger charge is -2.23. The summed E-state index contributed by atoms with van der Waals surface area (Å²) in [4.78, 5) is 14.8. The van der Waals surface area contributed by atoms with Crippen LogP contribution in [0.25, 0.3) is 0 Å². The molecular weight excluding hydrogens is 307 g/mol. The molecule has 0 aliphatic carbocycles. The van der Waals surface area contributed by atoms with Crippen LogP contribution in [0.3, 0.4) is 0 Å². The average Bonchev–Trinajstić information content (AvgIpc) is 3.18. The van der Waals surface area contributed by atoms with Crippen molar-refractivity contribution in [3.8, 4) is 11.5 Å². The molecule has 2 aromatic rings. The molecule has 1 unspecified atom stereocenters. The summed E-state index contributed by atoms with van der Waals surface area (Å²) in [5, 5.41) is 3.13. The van der Waals surface area contributed by atoms with Crippen LogP contribution in [0.1, 0.15) is 16.8 Å². The van der Waals surface area contributed by atoms with E-state index in [9.17, 15) is 9.18 Å². The van der Waals surface area contributed by atoms with E-state index in [0.29, 0.717) is 23.0 Å². The number of fused-ring (bicyclic) bond motifs is 2. The van der Waals surface area contributed by atoms with Crippen LogP contribution in [0.2, 0.25) is 0 Å². The molecule has 2 aliphatic rings. The van der Waals surface area contributed by atoms with Gasteiger partial charge in [-0.05, 0) is 55.3 Å². The quantitative estimate of drug-likeness (QED) is 0.939. The number of nitrogens with one attached hydrogen (secondary N) is 1. The minimum atomic E-state index is -0.343. The molecule has 2 aromatic carbocycles. The topological polar surface area (TPSA) is 41.6 Å². The largest absolute Gasteiger partial charge is 0.457 e. The van der Waals surface area contributed by atoms with Crippen molar-refractivity contribution in [1.29, 1.82) is 0 Å². The molecule has 5 heteroatoms. The number of carbonyl (C=O) groups is 1. The number of halogens is 1. The average molecular weight is 326 g/mol. The Hall–Kier alpha value is -2.40. The first kappa shape index (κ1) is 15.1. The number of benzene rings is 2. The fraction of sp³-hybridized carbons (Fsp3) is 0.316. The molecule has 1 amide bonds. The fourth-order valence-corrected chi connectivity index (χ4v) is 3.54. The second-order valence-corrected chi connectivity index (χ2v) is 6.47. The summed E-state index contributed by atoms with van der Waals surface area (Å²) in [6.45, 7) is 3.21. The Morgan fingerprint density at radius 1 is 1.12 bits per heavy atom. The molecule has 4 nitrogen and oxygen atoms in total. The van der Waals surface area contributed by atoms with E-state index in [0.717, 1.165) is 19.6 Å². The Morgan fingerprint density at radius 2 is 1.96 bits per heavy atom. The predicted octanol–water partition coefficient (Wildman–Crippen LogP) is 3.05. The highest BCUT2D eigenvalue weighted by molar-refractivity contribution is 5.94. The summed E-state index contributed by atoms with van der Waals surface area (Å²) in [5.74, 6) is 1.20. The molecular formula is C19H19FN2O2. The van der Waals surface area contributed by atoms with Gasteiger partial charge in [0.25, 0.3) is 5.91 Å².